The lowest BCUT2D eigenvalue weighted by Crippen LogP contribution is -2.13. The molecule has 1 aliphatic carbocycles. The molecule has 0 saturated carbocycles. The van der Waals surface area contributed by atoms with E-state index in [1.54, 1.807) is 0 Å². The van der Waals surface area contributed by atoms with E-state index in [2.05, 4.69) is 10.5 Å². The average Bonchev–Trinajstić information content (AvgIpc) is 2.89. The molecule has 0 atom stereocenters. The molecule has 0 fully saturated rings. The molecule has 2 aromatic rings. The highest BCUT2D eigenvalue weighted by molar-refractivity contribution is 5.90. The van der Waals surface area contributed by atoms with Gasteiger partial charge in [0.2, 0.25) is 5.91 Å². The predicted octanol–water partition coefficient (Wildman–Crippen LogP) is 3.12. The van der Waals surface area contributed by atoms with Crippen molar-refractivity contribution in [3.63, 3.8) is 0 Å². The number of carbonyl (C=O) groups excluding carboxylic acids is 1. The maximum Gasteiger partial charge on any atom is 0.224 e. The van der Waals surface area contributed by atoms with Crippen molar-refractivity contribution < 1.29 is 9.32 Å². The zero-order valence-corrected chi connectivity index (χ0v) is 11.4. The molecule has 4 nitrogen and oxygen atoms in total. The first-order valence-electron chi connectivity index (χ1n) is 7.14. The van der Waals surface area contributed by atoms with Crippen LogP contribution in [0.4, 0.5) is 5.69 Å². The molecule has 0 radical (unpaired) electrons. The number of benzene rings is 1. The number of carbonyl (C=O) groups is 1. The summed E-state index contributed by atoms with van der Waals surface area (Å²) in [4.78, 5) is 11.9. The quantitative estimate of drug-likeness (QED) is 0.928. The maximum absolute atomic E-state index is 11.9. The van der Waals surface area contributed by atoms with Gasteiger partial charge in [-0.15, -0.1) is 0 Å². The summed E-state index contributed by atoms with van der Waals surface area (Å²) in [6.45, 7) is 0. The van der Waals surface area contributed by atoms with Crippen molar-refractivity contribution in [3.8, 4) is 0 Å². The summed E-state index contributed by atoms with van der Waals surface area (Å²) in [5, 5.41) is 7.01. The third kappa shape index (κ3) is 2.90. The lowest BCUT2D eigenvalue weighted by Gasteiger charge is -2.09. The van der Waals surface area contributed by atoms with E-state index < -0.39 is 0 Å². The lowest BCUT2D eigenvalue weighted by molar-refractivity contribution is -0.116. The standard InChI is InChI=1S/C16H18N2O2/c19-16(17-12-6-2-1-3-7-12)11-10-14-13-8-4-5-9-15(13)20-18-14/h1-3,6-7H,4-5,8-11H2,(H,17,19). The Hall–Kier alpha value is -2.10. The van der Waals surface area contributed by atoms with Crippen molar-refractivity contribution >= 4 is 11.6 Å². The third-order valence-electron chi connectivity index (χ3n) is 3.68. The summed E-state index contributed by atoms with van der Waals surface area (Å²) in [6, 6.07) is 9.51. The second kappa shape index (κ2) is 5.90. The van der Waals surface area contributed by atoms with Crippen molar-refractivity contribution in [1.29, 1.82) is 0 Å². The Morgan fingerprint density at radius 3 is 2.85 bits per heavy atom. The topological polar surface area (TPSA) is 55.1 Å². The van der Waals surface area contributed by atoms with Crippen LogP contribution in [0.25, 0.3) is 0 Å². The van der Waals surface area contributed by atoms with Crippen LogP contribution in [0.3, 0.4) is 0 Å². The number of rotatable bonds is 4. The van der Waals surface area contributed by atoms with E-state index in [4.69, 9.17) is 4.52 Å². The first-order chi connectivity index (χ1) is 9.83. The van der Waals surface area contributed by atoms with Crippen LogP contribution in [-0.4, -0.2) is 11.1 Å². The van der Waals surface area contributed by atoms with Gasteiger partial charge >= 0.3 is 0 Å². The molecule has 1 heterocycles. The van der Waals surface area contributed by atoms with Gasteiger partial charge in [-0.1, -0.05) is 23.4 Å². The number of anilines is 1. The van der Waals surface area contributed by atoms with Gasteiger partial charge in [-0.25, -0.2) is 0 Å². The van der Waals surface area contributed by atoms with Gasteiger partial charge in [0.15, 0.2) is 0 Å². The Labute approximate surface area is 118 Å². The number of nitrogens with one attached hydrogen (secondary N) is 1. The van der Waals surface area contributed by atoms with Crippen molar-refractivity contribution in [1.82, 2.24) is 5.16 Å². The van der Waals surface area contributed by atoms with Gasteiger partial charge in [-0.2, -0.15) is 0 Å². The molecule has 1 aromatic carbocycles. The Balaban J connectivity index is 1.57. The number of nitrogens with zero attached hydrogens (tertiary/aromatic N) is 1. The minimum Gasteiger partial charge on any atom is -0.361 e. The van der Waals surface area contributed by atoms with E-state index in [-0.39, 0.29) is 5.91 Å². The molecule has 1 amide bonds. The van der Waals surface area contributed by atoms with Crippen LogP contribution in [0, 0.1) is 0 Å². The lowest BCUT2D eigenvalue weighted by atomic mass is 9.95. The van der Waals surface area contributed by atoms with Crippen LogP contribution < -0.4 is 5.32 Å². The fraction of sp³-hybridized carbons (Fsp3) is 0.375. The van der Waals surface area contributed by atoms with Gasteiger partial charge in [0.05, 0.1) is 5.69 Å². The summed E-state index contributed by atoms with van der Waals surface area (Å²) in [6.07, 6.45) is 5.48. The fourth-order valence-corrected chi connectivity index (χ4v) is 2.62. The second-order valence-electron chi connectivity index (χ2n) is 5.15. The van der Waals surface area contributed by atoms with Crippen molar-refractivity contribution in [3.05, 3.63) is 47.3 Å². The zero-order valence-electron chi connectivity index (χ0n) is 11.4. The zero-order chi connectivity index (χ0) is 13.8. The summed E-state index contributed by atoms with van der Waals surface area (Å²) in [5.41, 5.74) is 3.03. The number of aromatic nitrogens is 1. The summed E-state index contributed by atoms with van der Waals surface area (Å²) >= 11 is 0. The second-order valence-corrected chi connectivity index (χ2v) is 5.15. The molecule has 1 aromatic heterocycles. The van der Waals surface area contributed by atoms with E-state index in [1.807, 2.05) is 30.3 Å². The van der Waals surface area contributed by atoms with E-state index in [0.717, 1.165) is 30.0 Å². The van der Waals surface area contributed by atoms with Crippen LogP contribution in [0.5, 0.6) is 0 Å². The molecule has 1 N–H and O–H groups in total. The van der Waals surface area contributed by atoms with Crippen molar-refractivity contribution in [2.45, 2.75) is 38.5 Å². The van der Waals surface area contributed by atoms with Gasteiger partial charge in [0.1, 0.15) is 5.76 Å². The monoisotopic (exact) mass is 270 g/mol. The molecular formula is C16H18N2O2. The number of hydrogen-bond acceptors (Lipinski definition) is 3. The SMILES string of the molecule is O=C(CCc1noc2c1CCCC2)Nc1ccccc1. The molecule has 1 aliphatic rings. The van der Waals surface area contributed by atoms with Crippen LogP contribution in [-0.2, 0) is 24.1 Å². The highest BCUT2D eigenvalue weighted by Crippen LogP contribution is 2.24. The summed E-state index contributed by atoms with van der Waals surface area (Å²) in [5.74, 6) is 1.04. The number of hydrogen-bond donors (Lipinski definition) is 1. The first-order valence-corrected chi connectivity index (χ1v) is 7.14. The summed E-state index contributed by atoms with van der Waals surface area (Å²) in [7, 11) is 0. The fourth-order valence-electron chi connectivity index (χ4n) is 2.62. The molecule has 20 heavy (non-hydrogen) atoms. The predicted molar refractivity (Wildman–Crippen MR) is 76.5 cm³/mol. The van der Waals surface area contributed by atoms with Gasteiger partial charge in [-0.05, 0) is 31.4 Å². The van der Waals surface area contributed by atoms with Crippen molar-refractivity contribution in [2.75, 3.05) is 5.32 Å². The molecule has 104 valence electrons. The maximum atomic E-state index is 11.9. The van der Waals surface area contributed by atoms with Crippen LogP contribution in [0.2, 0.25) is 0 Å². The highest BCUT2D eigenvalue weighted by atomic mass is 16.5. The molecule has 4 heteroatoms. The Morgan fingerprint density at radius 1 is 1.20 bits per heavy atom. The minimum absolute atomic E-state index is 0.0174. The molecule has 0 spiro atoms. The normalized spacial score (nSPS) is 13.8. The van der Waals surface area contributed by atoms with Gasteiger partial charge in [0.25, 0.3) is 0 Å². The molecule has 0 bridgehead atoms. The van der Waals surface area contributed by atoms with Crippen LogP contribution >= 0.6 is 0 Å². The summed E-state index contributed by atoms with van der Waals surface area (Å²) < 4.78 is 5.36. The molecule has 0 saturated heterocycles. The van der Waals surface area contributed by atoms with Gasteiger partial charge in [0, 0.05) is 30.5 Å². The molecule has 3 rings (SSSR count). The average molecular weight is 270 g/mol. The van der Waals surface area contributed by atoms with Crippen LogP contribution in [0.15, 0.2) is 34.9 Å². The molecule has 0 aliphatic heterocycles. The van der Waals surface area contributed by atoms with E-state index in [0.29, 0.717) is 12.8 Å². The van der Waals surface area contributed by atoms with E-state index in [9.17, 15) is 4.79 Å². The number of amides is 1. The van der Waals surface area contributed by atoms with E-state index in [1.165, 1.54) is 18.4 Å². The number of aryl methyl sites for hydroxylation is 2. The Bertz CT molecular complexity index is 590. The number of para-hydroxylation sites is 1. The molecular weight excluding hydrogens is 252 g/mol. The van der Waals surface area contributed by atoms with Crippen LogP contribution in [0.1, 0.15) is 36.3 Å². The Kier molecular flexibility index (Phi) is 3.81. The minimum atomic E-state index is 0.0174. The highest BCUT2D eigenvalue weighted by Gasteiger charge is 2.19. The van der Waals surface area contributed by atoms with E-state index >= 15 is 0 Å². The molecule has 0 unspecified atom stereocenters. The van der Waals surface area contributed by atoms with Gasteiger partial charge in [-0.3, -0.25) is 4.79 Å². The van der Waals surface area contributed by atoms with Crippen molar-refractivity contribution in [2.24, 2.45) is 0 Å². The number of fused-ring (bicyclic) bond motifs is 1. The largest absolute Gasteiger partial charge is 0.361 e. The first kappa shape index (κ1) is 12.9. The third-order valence-corrected chi connectivity index (χ3v) is 3.68. The Morgan fingerprint density at radius 2 is 2.00 bits per heavy atom. The van der Waals surface area contributed by atoms with Gasteiger partial charge < -0.3 is 9.84 Å². The smallest absolute Gasteiger partial charge is 0.224 e.